The Kier molecular flexibility index (Phi) is 20.3. The van der Waals surface area contributed by atoms with E-state index in [9.17, 15) is 30.3 Å². The van der Waals surface area contributed by atoms with Gasteiger partial charge < -0.3 is 36.0 Å². The lowest BCUT2D eigenvalue weighted by atomic mass is 10.0. The summed E-state index contributed by atoms with van der Waals surface area (Å²) in [5, 5.41) is 59.5. The second-order valence-corrected chi connectivity index (χ2v) is 8.97. The van der Waals surface area contributed by atoms with E-state index in [2.05, 4.69) is 12.2 Å². The minimum Gasteiger partial charge on any atom is -0.394 e. The van der Waals surface area contributed by atoms with Crippen LogP contribution >= 0.6 is 0 Å². The molecule has 0 aromatic carbocycles. The molecule has 32 heavy (non-hydrogen) atoms. The third-order valence-electron chi connectivity index (χ3n) is 5.92. The molecule has 0 bridgehead atoms. The fraction of sp³-hybridized carbons (Fsp3) is 0.958. The number of hydrogen-bond donors (Lipinski definition) is 7. The molecule has 0 spiro atoms. The van der Waals surface area contributed by atoms with E-state index in [1.54, 1.807) is 0 Å². The van der Waals surface area contributed by atoms with Crippen LogP contribution in [-0.4, -0.2) is 80.2 Å². The highest BCUT2D eigenvalue weighted by atomic mass is 16.4. The van der Waals surface area contributed by atoms with Crippen molar-refractivity contribution in [3.63, 3.8) is 0 Å². The molecule has 7 N–H and O–H groups in total. The third kappa shape index (κ3) is 16.8. The Morgan fingerprint density at radius 1 is 0.688 bits per heavy atom. The van der Waals surface area contributed by atoms with Crippen molar-refractivity contribution < 1.29 is 35.4 Å². The monoisotopic (exact) mass is 463 g/mol. The summed E-state index contributed by atoms with van der Waals surface area (Å²) in [5.74, 6) is -0.235. The first-order chi connectivity index (χ1) is 15.3. The highest BCUT2D eigenvalue weighted by Gasteiger charge is 2.30. The predicted molar refractivity (Wildman–Crippen MR) is 125 cm³/mol. The molecule has 0 aliphatic carbocycles. The van der Waals surface area contributed by atoms with Crippen LogP contribution in [0.1, 0.15) is 103 Å². The van der Waals surface area contributed by atoms with Gasteiger partial charge in [0.15, 0.2) is 0 Å². The van der Waals surface area contributed by atoms with Gasteiger partial charge in [-0.15, -0.1) is 0 Å². The Morgan fingerprint density at radius 2 is 1.16 bits per heavy atom. The van der Waals surface area contributed by atoms with E-state index < -0.39 is 31.0 Å². The van der Waals surface area contributed by atoms with Gasteiger partial charge in [-0.25, -0.2) is 0 Å². The van der Waals surface area contributed by atoms with Crippen LogP contribution in [-0.2, 0) is 4.79 Å². The number of carbonyl (C=O) groups is 1. The van der Waals surface area contributed by atoms with Crippen molar-refractivity contribution in [3.05, 3.63) is 0 Å². The average molecular weight is 464 g/mol. The van der Waals surface area contributed by atoms with Crippen LogP contribution in [0, 0.1) is 0 Å². The maximum atomic E-state index is 11.8. The number of carbonyl (C=O) groups excluding carboxylic acids is 1. The maximum Gasteiger partial charge on any atom is 0.220 e. The number of nitrogens with one attached hydrogen (secondary N) is 1. The Balaban J connectivity index is 3.54. The normalized spacial score (nSPS) is 16.3. The summed E-state index contributed by atoms with van der Waals surface area (Å²) in [4.78, 5) is 11.8. The minimum atomic E-state index is -1.69. The molecular formula is C24H49NO7. The van der Waals surface area contributed by atoms with Crippen molar-refractivity contribution in [2.75, 3.05) is 13.2 Å². The molecular weight excluding hydrogens is 414 g/mol. The quantitative estimate of drug-likeness (QED) is 0.121. The predicted octanol–water partition coefficient (Wildman–Crippen LogP) is 1.77. The average Bonchev–Trinajstić information content (AvgIpc) is 2.79. The largest absolute Gasteiger partial charge is 0.394 e. The van der Waals surface area contributed by atoms with Crippen molar-refractivity contribution in [2.24, 2.45) is 0 Å². The van der Waals surface area contributed by atoms with Gasteiger partial charge in [-0.3, -0.25) is 4.79 Å². The first-order valence-corrected chi connectivity index (χ1v) is 12.6. The van der Waals surface area contributed by atoms with Crippen LogP contribution in [0.15, 0.2) is 0 Å². The third-order valence-corrected chi connectivity index (χ3v) is 5.92. The second-order valence-electron chi connectivity index (χ2n) is 8.97. The number of unbranched alkanes of at least 4 members (excludes halogenated alkanes) is 10. The number of aliphatic hydroxyl groups excluding tert-OH is 6. The molecule has 192 valence electrons. The van der Waals surface area contributed by atoms with Crippen LogP contribution in [0.2, 0.25) is 0 Å². The van der Waals surface area contributed by atoms with Gasteiger partial charge in [-0.1, -0.05) is 77.6 Å². The number of amides is 1. The lowest BCUT2D eigenvalue weighted by Gasteiger charge is -2.25. The molecule has 0 heterocycles. The van der Waals surface area contributed by atoms with Crippen LogP contribution < -0.4 is 5.32 Å². The van der Waals surface area contributed by atoms with E-state index in [0.29, 0.717) is 6.42 Å². The number of rotatable bonds is 22. The van der Waals surface area contributed by atoms with Crippen molar-refractivity contribution in [1.29, 1.82) is 0 Å². The molecule has 0 fully saturated rings. The van der Waals surface area contributed by atoms with E-state index in [4.69, 9.17) is 5.11 Å². The first kappa shape index (κ1) is 31.2. The highest BCUT2D eigenvalue weighted by molar-refractivity contribution is 5.75. The van der Waals surface area contributed by atoms with Gasteiger partial charge in [-0.2, -0.15) is 0 Å². The van der Waals surface area contributed by atoms with E-state index >= 15 is 0 Å². The molecule has 0 saturated carbocycles. The van der Waals surface area contributed by atoms with Gasteiger partial charge in [0.2, 0.25) is 5.91 Å². The summed E-state index contributed by atoms with van der Waals surface area (Å²) in [5.41, 5.74) is 0. The van der Waals surface area contributed by atoms with Gasteiger partial charge in [0, 0.05) is 13.0 Å². The molecule has 0 saturated heterocycles. The number of aliphatic hydroxyl groups is 6. The topological polar surface area (TPSA) is 150 Å². The highest BCUT2D eigenvalue weighted by Crippen LogP contribution is 2.14. The maximum absolute atomic E-state index is 11.8. The van der Waals surface area contributed by atoms with E-state index in [1.165, 1.54) is 32.1 Å². The van der Waals surface area contributed by atoms with Crippen molar-refractivity contribution >= 4 is 5.91 Å². The molecule has 8 heteroatoms. The lowest BCUT2D eigenvalue weighted by molar-refractivity contribution is -0.126. The molecule has 5 unspecified atom stereocenters. The molecule has 8 nitrogen and oxygen atoms in total. The van der Waals surface area contributed by atoms with Crippen molar-refractivity contribution in [3.8, 4) is 0 Å². The Bertz CT molecular complexity index is 439. The molecule has 0 radical (unpaired) electrons. The second kappa shape index (κ2) is 20.8. The standard InChI is InChI=1S/C24H49NO7/c1-2-3-4-11-14-19(27)15-12-9-7-5-6-8-10-13-16-22(30)25-17-20(28)23(31)24(32)21(29)18-26/h19-21,23-24,26-29,31-32H,2-18H2,1H3,(H,25,30). The Labute approximate surface area is 194 Å². The smallest absolute Gasteiger partial charge is 0.220 e. The summed E-state index contributed by atoms with van der Waals surface area (Å²) in [6, 6.07) is 0. The molecule has 0 aliphatic heterocycles. The molecule has 1 amide bonds. The molecule has 0 aromatic heterocycles. The fourth-order valence-corrected chi connectivity index (χ4v) is 3.67. The van der Waals surface area contributed by atoms with Crippen LogP contribution in [0.4, 0.5) is 0 Å². The van der Waals surface area contributed by atoms with Gasteiger partial charge in [-0.05, 0) is 19.3 Å². The molecule has 0 rings (SSSR count). The Hall–Kier alpha value is -0.770. The van der Waals surface area contributed by atoms with Crippen molar-refractivity contribution in [2.45, 2.75) is 134 Å². The summed E-state index contributed by atoms with van der Waals surface area (Å²) in [7, 11) is 0. The van der Waals surface area contributed by atoms with E-state index in [-0.39, 0.29) is 18.6 Å². The zero-order chi connectivity index (χ0) is 24.2. The zero-order valence-corrected chi connectivity index (χ0v) is 20.0. The van der Waals surface area contributed by atoms with E-state index in [0.717, 1.165) is 57.8 Å². The molecule has 5 atom stereocenters. The molecule has 0 aromatic rings. The molecule has 0 aliphatic rings. The summed E-state index contributed by atoms with van der Waals surface area (Å²) < 4.78 is 0. The minimum absolute atomic E-state index is 0.139. The Morgan fingerprint density at radius 3 is 1.69 bits per heavy atom. The van der Waals surface area contributed by atoms with Crippen LogP contribution in [0.5, 0.6) is 0 Å². The first-order valence-electron chi connectivity index (χ1n) is 12.6. The van der Waals surface area contributed by atoms with Crippen LogP contribution in [0.3, 0.4) is 0 Å². The lowest BCUT2D eigenvalue weighted by Crippen LogP contribution is -2.49. The van der Waals surface area contributed by atoms with Gasteiger partial charge in [0.25, 0.3) is 0 Å². The summed E-state index contributed by atoms with van der Waals surface area (Å²) in [6.45, 7) is 1.22. The van der Waals surface area contributed by atoms with E-state index in [1.807, 2.05) is 0 Å². The summed E-state index contributed by atoms with van der Waals surface area (Å²) >= 11 is 0. The zero-order valence-electron chi connectivity index (χ0n) is 20.0. The van der Waals surface area contributed by atoms with Crippen molar-refractivity contribution in [1.82, 2.24) is 5.32 Å². The number of hydrogen-bond acceptors (Lipinski definition) is 7. The van der Waals surface area contributed by atoms with Gasteiger partial charge in [0.05, 0.1) is 18.8 Å². The summed E-state index contributed by atoms with van der Waals surface area (Å²) in [6.07, 6.45) is 9.05. The van der Waals surface area contributed by atoms with Gasteiger partial charge in [0.1, 0.15) is 18.3 Å². The van der Waals surface area contributed by atoms with Crippen LogP contribution in [0.25, 0.3) is 0 Å². The fourth-order valence-electron chi connectivity index (χ4n) is 3.67. The van der Waals surface area contributed by atoms with Gasteiger partial charge >= 0.3 is 0 Å². The SMILES string of the molecule is CCCCCCC(O)CCCCCCCCCCC(=O)NCC(O)C(O)C(O)C(O)CO.